The number of nitrogens with zero attached hydrogens (tertiary/aromatic N) is 1. The third kappa shape index (κ3) is 3.25. The number of hydrogen-bond donors (Lipinski definition) is 1. The molecule has 0 radical (unpaired) electrons. The monoisotopic (exact) mass is 286 g/mol. The maximum Gasteiger partial charge on any atom is 0.0639 e. The molecule has 17 heavy (non-hydrogen) atoms. The number of benzene rings is 1. The molecule has 0 aliphatic rings. The van der Waals surface area contributed by atoms with Crippen molar-refractivity contribution in [2.45, 2.75) is 6.54 Å². The quantitative estimate of drug-likeness (QED) is 0.888. The van der Waals surface area contributed by atoms with Crippen LogP contribution in [0.1, 0.15) is 5.56 Å². The van der Waals surface area contributed by atoms with Crippen LogP contribution >= 0.6 is 34.8 Å². The predicted octanol–water partition coefficient (Wildman–Crippen LogP) is 4.65. The Morgan fingerprint density at radius 3 is 2.53 bits per heavy atom. The van der Waals surface area contributed by atoms with Gasteiger partial charge < -0.3 is 5.32 Å². The average molecular weight is 288 g/mol. The topological polar surface area (TPSA) is 24.9 Å². The van der Waals surface area contributed by atoms with Crippen molar-refractivity contribution in [2.75, 3.05) is 5.32 Å². The predicted molar refractivity (Wildman–Crippen MR) is 73.0 cm³/mol. The van der Waals surface area contributed by atoms with Crippen molar-refractivity contribution >= 4 is 40.5 Å². The van der Waals surface area contributed by atoms with Crippen molar-refractivity contribution in [3.63, 3.8) is 0 Å². The zero-order chi connectivity index (χ0) is 12.3. The Kier molecular flexibility index (Phi) is 4.11. The van der Waals surface area contributed by atoms with E-state index >= 15 is 0 Å². The Hall–Kier alpha value is -0.960. The van der Waals surface area contributed by atoms with Crippen LogP contribution < -0.4 is 5.32 Å². The molecule has 2 rings (SSSR count). The first-order chi connectivity index (χ1) is 8.16. The molecule has 0 unspecified atom stereocenters. The zero-order valence-electron chi connectivity index (χ0n) is 8.75. The molecule has 0 fully saturated rings. The molecule has 0 spiro atoms. The van der Waals surface area contributed by atoms with Crippen LogP contribution in [0.25, 0.3) is 0 Å². The zero-order valence-corrected chi connectivity index (χ0v) is 11.0. The summed E-state index contributed by atoms with van der Waals surface area (Å²) in [5, 5.41) is 4.92. The number of hydrogen-bond acceptors (Lipinski definition) is 2. The summed E-state index contributed by atoms with van der Waals surface area (Å²) in [4.78, 5) is 3.93. The van der Waals surface area contributed by atoms with E-state index < -0.39 is 0 Å². The molecule has 0 amide bonds. The number of aromatic nitrogens is 1. The van der Waals surface area contributed by atoms with Crippen LogP contribution in [0.15, 0.2) is 36.7 Å². The van der Waals surface area contributed by atoms with Gasteiger partial charge in [0, 0.05) is 24.6 Å². The first-order valence-corrected chi connectivity index (χ1v) is 6.07. The van der Waals surface area contributed by atoms with Gasteiger partial charge in [-0.05, 0) is 29.8 Å². The standard InChI is InChI=1S/C12H9Cl3N2/c13-10-2-1-9(5-11(10)14)17-6-8-3-4-16-7-12(8)15/h1-5,7,17H,6H2. The minimum atomic E-state index is 0.525. The van der Waals surface area contributed by atoms with Gasteiger partial charge in [-0.25, -0.2) is 0 Å². The van der Waals surface area contributed by atoms with Gasteiger partial charge in [-0.3, -0.25) is 4.98 Å². The molecule has 1 aromatic heterocycles. The lowest BCUT2D eigenvalue weighted by molar-refractivity contribution is 1.13. The summed E-state index contributed by atoms with van der Waals surface area (Å²) in [5.74, 6) is 0. The van der Waals surface area contributed by atoms with Crippen LogP contribution in [0.5, 0.6) is 0 Å². The fourth-order valence-corrected chi connectivity index (χ4v) is 1.83. The SMILES string of the molecule is Clc1ccc(NCc2ccncc2Cl)cc1Cl. The summed E-state index contributed by atoms with van der Waals surface area (Å²) in [5.41, 5.74) is 1.88. The Morgan fingerprint density at radius 2 is 1.82 bits per heavy atom. The van der Waals surface area contributed by atoms with Crippen molar-refractivity contribution in [3.05, 3.63) is 57.3 Å². The van der Waals surface area contributed by atoms with E-state index in [2.05, 4.69) is 10.3 Å². The highest BCUT2D eigenvalue weighted by molar-refractivity contribution is 6.42. The number of nitrogens with one attached hydrogen (secondary N) is 1. The van der Waals surface area contributed by atoms with Crippen LogP contribution in [0, 0.1) is 0 Å². The van der Waals surface area contributed by atoms with Gasteiger partial charge in [0.05, 0.1) is 15.1 Å². The highest BCUT2D eigenvalue weighted by Gasteiger charge is 2.01. The Labute approximate surface area is 115 Å². The minimum Gasteiger partial charge on any atom is -0.381 e. The molecule has 0 aliphatic heterocycles. The number of rotatable bonds is 3. The van der Waals surface area contributed by atoms with Crippen molar-refractivity contribution in [1.29, 1.82) is 0 Å². The maximum atomic E-state index is 6.00. The van der Waals surface area contributed by atoms with Gasteiger partial charge in [0.25, 0.3) is 0 Å². The highest BCUT2D eigenvalue weighted by Crippen LogP contribution is 2.25. The molecule has 0 bridgehead atoms. The summed E-state index contributed by atoms with van der Waals surface area (Å²) in [6.07, 6.45) is 3.32. The van der Waals surface area contributed by atoms with E-state index in [1.54, 1.807) is 24.5 Å². The first kappa shape index (κ1) is 12.5. The molecule has 1 aromatic carbocycles. The molecule has 1 heterocycles. The normalized spacial score (nSPS) is 10.3. The second-order valence-corrected chi connectivity index (χ2v) is 4.67. The Bertz CT molecular complexity index is 529. The van der Waals surface area contributed by atoms with Crippen LogP contribution in [0.2, 0.25) is 15.1 Å². The average Bonchev–Trinajstić information content (AvgIpc) is 2.32. The second kappa shape index (κ2) is 5.58. The second-order valence-electron chi connectivity index (χ2n) is 3.45. The van der Waals surface area contributed by atoms with E-state index in [-0.39, 0.29) is 0 Å². The molecule has 1 N–H and O–H groups in total. The number of halogens is 3. The fourth-order valence-electron chi connectivity index (χ4n) is 1.35. The third-order valence-electron chi connectivity index (χ3n) is 2.26. The summed E-state index contributed by atoms with van der Waals surface area (Å²) in [6, 6.07) is 7.26. The molecular weight excluding hydrogens is 279 g/mol. The molecule has 0 saturated heterocycles. The van der Waals surface area contributed by atoms with E-state index in [4.69, 9.17) is 34.8 Å². The van der Waals surface area contributed by atoms with Crippen molar-refractivity contribution in [1.82, 2.24) is 4.98 Å². The van der Waals surface area contributed by atoms with Gasteiger partial charge in [0.1, 0.15) is 0 Å². The van der Waals surface area contributed by atoms with Gasteiger partial charge in [-0.15, -0.1) is 0 Å². The molecule has 5 heteroatoms. The lowest BCUT2D eigenvalue weighted by atomic mass is 10.2. The lowest BCUT2D eigenvalue weighted by Gasteiger charge is -2.08. The molecule has 88 valence electrons. The van der Waals surface area contributed by atoms with Gasteiger partial charge in [-0.1, -0.05) is 34.8 Å². The lowest BCUT2D eigenvalue weighted by Crippen LogP contribution is -2.00. The van der Waals surface area contributed by atoms with E-state index in [1.165, 1.54) is 0 Å². The van der Waals surface area contributed by atoms with Crippen molar-refractivity contribution < 1.29 is 0 Å². The largest absolute Gasteiger partial charge is 0.381 e. The summed E-state index contributed by atoms with van der Waals surface area (Å²) >= 11 is 17.8. The third-order valence-corrected chi connectivity index (χ3v) is 3.34. The molecule has 2 aromatic rings. The molecule has 2 nitrogen and oxygen atoms in total. The van der Waals surface area contributed by atoms with E-state index in [0.717, 1.165) is 11.3 Å². The maximum absolute atomic E-state index is 6.00. The molecule has 0 atom stereocenters. The minimum absolute atomic E-state index is 0.525. The smallest absolute Gasteiger partial charge is 0.0639 e. The van der Waals surface area contributed by atoms with Crippen molar-refractivity contribution in [2.24, 2.45) is 0 Å². The van der Waals surface area contributed by atoms with Crippen LogP contribution in [0.3, 0.4) is 0 Å². The molecule has 0 aliphatic carbocycles. The number of anilines is 1. The van der Waals surface area contributed by atoms with Crippen LogP contribution in [-0.4, -0.2) is 4.98 Å². The summed E-state index contributed by atoms with van der Waals surface area (Å²) in [6.45, 7) is 0.610. The van der Waals surface area contributed by atoms with Gasteiger partial charge in [0.15, 0.2) is 0 Å². The number of pyridine rings is 1. The summed E-state index contributed by atoms with van der Waals surface area (Å²) < 4.78 is 0. The molecule has 0 saturated carbocycles. The van der Waals surface area contributed by atoms with E-state index in [9.17, 15) is 0 Å². The van der Waals surface area contributed by atoms with Crippen LogP contribution in [0.4, 0.5) is 5.69 Å². The van der Waals surface area contributed by atoms with Crippen LogP contribution in [-0.2, 0) is 6.54 Å². The fraction of sp³-hybridized carbons (Fsp3) is 0.0833. The Morgan fingerprint density at radius 1 is 1.00 bits per heavy atom. The van der Waals surface area contributed by atoms with Crippen molar-refractivity contribution in [3.8, 4) is 0 Å². The summed E-state index contributed by atoms with van der Waals surface area (Å²) in [7, 11) is 0. The molecular formula is C12H9Cl3N2. The van der Waals surface area contributed by atoms with Gasteiger partial charge in [-0.2, -0.15) is 0 Å². The Balaban J connectivity index is 2.08. The first-order valence-electron chi connectivity index (χ1n) is 4.94. The highest BCUT2D eigenvalue weighted by atomic mass is 35.5. The van der Waals surface area contributed by atoms with E-state index in [0.29, 0.717) is 21.6 Å². The van der Waals surface area contributed by atoms with Gasteiger partial charge >= 0.3 is 0 Å². The van der Waals surface area contributed by atoms with E-state index in [1.807, 2.05) is 12.1 Å². The van der Waals surface area contributed by atoms with Gasteiger partial charge in [0.2, 0.25) is 0 Å².